The lowest BCUT2D eigenvalue weighted by Crippen LogP contribution is -2.18. The number of hydrogen-bond donors (Lipinski definition) is 2. The molecule has 7 heteroatoms. The second-order valence-corrected chi connectivity index (χ2v) is 6.36. The minimum absolute atomic E-state index is 0.265. The molecule has 110 valence electrons. The zero-order valence-electron chi connectivity index (χ0n) is 11.8. The van der Waals surface area contributed by atoms with Crippen LogP contribution in [0.5, 0.6) is 0 Å². The second kappa shape index (κ2) is 7.01. The molecule has 2 aromatic heterocycles. The van der Waals surface area contributed by atoms with E-state index in [9.17, 15) is 0 Å². The van der Waals surface area contributed by atoms with Crippen LogP contribution in [0.4, 0.5) is 10.8 Å². The number of hydrogen-bond acceptors (Lipinski definition) is 7. The van der Waals surface area contributed by atoms with Crippen LogP contribution >= 0.6 is 22.9 Å². The average molecular weight is 312 g/mol. The fourth-order valence-corrected chi connectivity index (χ4v) is 3.68. The molecule has 2 aromatic rings. The number of anilines is 2. The molecule has 0 radical (unpaired) electrons. The van der Waals surface area contributed by atoms with Gasteiger partial charge in [0.15, 0.2) is 0 Å². The summed E-state index contributed by atoms with van der Waals surface area (Å²) in [5.74, 6) is 0.557. The summed E-state index contributed by atoms with van der Waals surface area (Å²) >= 11 is 3.02. The molecule has 0 atom stereocenters. The Hall–Kier alpha value is -1.18. The van der Waals surface area contributed by atoms with Crippen molar-refractivity contribution >= 4 is 33.7 Å². The molecule has 0 saturated carbocycles. The van der Waals surface area contributed by atoms with E-state index in [0.29, 0.717) is 5.82 Å². The molecule has 0 aliphatic heterocycles. The van der Waals surface area contributed by atoms with Crippen molar-refractivity contribution in [3.8, 4) is 10.6 Å². The number of aliphatic hydroxyl groups excluding tert-OH is 1. The van der Waals surface area contributed by atoms with Gasteiger partial charge in [-0.1, -0.05) is 0 Å². The summed E-state index contributed by atoms with van der Waals surface area (Å²) in [6.07, 6.45) is 2.93. The van der Waals surface area contributed by atoms with Crippen LogP contribution in [-0.4, -0.2) is 34.7 Å². The van der Waals surface area contributed by atoms with E-state index in [4.69, 9.17) is 10.8 Å². The Morgan fingerprint density at radius 3 is 2.80 bits per heavy atom. The Bertz CT molecular complexity index is 552. The van der Waals surface area contributed by atoms with Crippen LogP contribution in [0.25, 0.3) is 10.6 Å². The quantitative estimate of drug-likeness (QED) is 0.769. The first-order valence-electron chi connectivity index (χ1n) is 6.63. The lowest BCUT2D eigenvalue weighted by Gasteiger charge is -2.17. The molecule has 3 N–H and O–H groups in total. The zero-order valence-corrected chi connectivity index (χ0v) is 13.4. The summed E-state index contributed by atoms with van der Waals surface area (Å²) in [5.41, 5.74) is 7.97. The molecule has 0 aliphatic rings. The number of rotatable bonds is 7. The average Bonchev–Trinajstić information content (AvgIpc) is 3.00. The lowest BCUT2D eigenvalue weighted by molar-refractivity contribution is 0.283. The predicted octanol–water partition coefficient (Wildman–Crippen LogP) is 2.76. The molecule has 0 bridgehead atoms. The molecule has 0 spiro atoms. The first-order chi connectivity index (χ1) is 9.63. The molecule has 5 nitrogen and oxygen atoms in total. The summed E-state index contributed by atoms with van der Waals surface area (Å²) < 4.78 is 4.27. The van der Waals surface area contributed by atoms with Crippen LogP contribution in [0.1, 0.15) is 25.0 Å². The fraction of sp³-hybridized carbons (Fsp3) is 0.538. The summed E-state index contributed by atoms with van der Waals surface area (Å²) in [5, 5.41) is 12.8. The van der Waals surface area contributed by atoms with Gasteiger partial charge >= 0.3 is 0 Å². The standard InChI is InChI=1S/C13H20N4OS2/c1-9-8-19-12(15-9)10-11(14)16-20-13(10)17(2)6-4-3-5-7-18/h8,18H,3-7H2,1-2H3,(H2,14,16). The minimum Gasteiger partial charge on any atom is -0.396 e. The maximum absolute atomic E-state index is 8.80. The molecule has 0 amide bonds. The van der Waals surface area contributed by atoms with Crippen molar-refractivity contribution in [1.82, 2.24) is 9.36 Å². The van der Waals surface area contributed by atoms with Crippen LogP contribution < -0.4 is 10.6 Å². The van der Waals surface area contributed by atoms with Crippen molar-refractivity contribution in [3.05, 3.63) is 11.1 Å². The van der Waals surface area contributed by atoms with Crippen molar-refractivity contribution in [3.63, 3.8) is 0 Å². The second-order valence-electron chi connectivity index (χ2n) is 4.75. The summed E-state index contributed by atoms with van der Waals surface area (Å²) in [6, 6.07) is 0. The number of thiazole rings is 1. The molecular formula is C13H20N4OS2. The molecule has 2 rings (SSSR count). The molecule has 0 aliphatic carbocycles. The van der Waals surface area contributed by atoms with Gasteiger partial charge < -0.3 is 15.7 Å². The number of nitrogens with two attached hydrogens (primary N) is 1. The van der Waals surface area contributed by atoms with Crippen LogP contribution in [-0.2, 0) is 0 Å². The van der Waals surface area contributed by atoms with Gasteiger partial charge in [0.1, 0.15) is 15.8 Å². The van der Waals surface area contributed by atoms with Gasteiger partial charge in [-0.05, 0) is 37.7 Å². The molecule has 0 fully saturated rings. The van der Waals surface area contributed by atoms with Gasteiger partial charge in [0.05, 0.1) is 5.56 Å². The minimum atomic E-state index is 0.265. The van der Waals surface area contributed by atoms with Crippen molar-refractivity contribution in [2.75, 3.05) is 30.8 Å². The van der Waals surface area contributed by atoms with Gasteiger partial charge in [0, 0.05) is 31.3 Å². The zero-order chi connectivity index (χ0) is 14.5. The van der Waals surface area contributed by atoms with Crippen LogP contribution in [0.3, 0.4) is 0 Å². The number of aryl methyl sites for hydroxylation is 1. The van der Waals surface area contributed by atoms with E-state index < -0.39 is 0 Å². The van der Waals surface area contributed by atoms with Crippen molar-refractivity contribution < 1.29 is 5.11 Å². The fourth-order valence-electron chi connectivity index (χ4n) is 1.96. The number of aliphatic hydroxyl groups is 1. The first-order valence-corrected chi connectivity index (χ1v) is 8.28. The molecule has 2 heterocycles. The molecular weight excluding hydrogens is 292 g/mol. The monoisotopic (exact) mass is 312 g/mol. The summed E-state index contributed by atoms with van der Waals surface area (Å²) in [4.78, 5) is 6.69. The third kappa shape index (κ3) is 3.47. The highest BCUT2D eigenvalue weighted by Crippen LogP contribution is 2.40. The van der Waals surface area contributed by atoms with Gasteiger partial charge in [-0.15, -0.1) is 11.3 Å². The van der Waals surface area contributed by atoms with Crippen molar-refractivity contribution in [2.45, 2.75) is 26.2 Å². The summed E-state index contributed by atoms with van der Waals surface area (Å²) in [6.45, 7) is 3.17. The number of nitrogens with zero attached hydrogens (tertiary/aromatic N) is 3. The Labute approximate surface area is 127 Å². The third-order valence-corrected chi connectivity index (χ3v) is 4.99. The van der Waals surface area contributed by atoms with Gasteiger partial charge in [0.25, 0.3) is 0 Å². The Kier molecular flexibility index (Phi) is 5.33. The molecule has 0 saturated heterocycles. The molecule has 20 heavy (non-hydrogen) atoms. The lowest BCUT2D eigenvalue weighted by atomic mass is 10.2. The third-order valence-electron chi connectivity index (χ3n) is 3.03. The van der Waals surface area contributed by atoms with Gasteiger partial charge in [-0.3, -0.25) is 0 Å². The van der Waals surface area contributed by atoms with E-state index in [0.717, 1.165) is 47.1 Å². The molecule has 0 aromatic carbocycles. The van der Waals surface area contributed by atoms with Gasteiger partial charge in [0.2, 0.25) is 0 Å². The Morgan fingerprint density at radius 1 is 1.35 bits per heavy atom. The topological polar surface area (TPSA) is 75.3 Å². The maximum Gasteiger partial charge on any atom is 0.149 e. The normalized spacial score (nSPS) is 10.9. The highest BCUT2D eigenvalue weighted by Gasteiger charge is 2.19. The first kappa shape index (κ1) is 15.2. The van der Waals surface area contributed by atoms with E-state index in [-0.39, 0.29) is 6.61 Å². The number of aromatic nitrogens is 2. The maximum atomic E-state index is 8.80. The molecule has 0 unspecified atom stereocenters. The predicted molar refractivity (Wildman–Crippen MR) is 86.6 cm³/mol. The highest BCUT2D eigenvalue weighted by atomic mass is 32.1. The Balaban J connectivity index is 2.12. The number of nitrogen functional groups attached to an aromatic ring is 1. The van der Waals surface area contributed by atoms with Crippen LogP contribution in [0, 0.1) is 6.92 Å². The van der Waals surface area contributed by atoms with E-state index in [2.05, 4.69) is 21.3 Å². The van der Waals surface area contributed by atoms with Crippen LogP contribution in [0.2, 0.25) is 0 Å². The van der Waals surface area contributed by atoms with Gasteiger partial charge in [-0.2, -0.15) is 4.37 Å². The number of unbranched alkanes of at least 4 members (excludes halogenated alkanes) is 2. The van der Waals surface area contributed by atoms with E-state index in [1.165, 1.54) is 11.5 Å². The largest absolute Gasteiger partial charge is 0.396 e. The van der Waals surface area contributed by atoms with E-state index in [1.807, 2.05) is 12.3 Å². The Morgan fingerprint density at radius 2 is 2.15 bits per heavy atom. The highest BCUT2D eigenvalue weighted by molar-refractivity contribution is 7.15. The van der Waals surface area contributed by atoms with Gasteiger partial charge in [-0.25, -0.2) is 4.98 Å². The smallest absolute Gasteiger partial charge is 0.149 e. The van der Waals surface area contributed by atoms with Crippen LogP contribution in [0.15, 0.2) is 5.38 Å². The van der Waals surface area contributed by atoms with E-state index in [1.54, 1.807) is 11.3 Å². The van der Waals surface area contributed by atoms with E-state index >= 15 is 0 Å². The SMILES string of the molecule is Cc1csc(-c2c(N)nsc2N(C)CCCCCO)n1. The summed E-state index contributed by atoms with van der Waals surface area (Å²) in [7, 11) is 2.05. The van der Waals surface area contributed by atoms with Crippen molar-refractivity contribution in [1.29, 1.82) is 0 Å². The van der Waals surface area contributed by atoms with Crippen molar-refractivity contribution in [2.24, 2.45) is 0 Å².